The highest BCUT2D eigenvalue weighted by molar-refractivity contribution is 5.83. The molecule has 100 valence electrons. The van der Waals surface area contributed by atoms with Gasteiger partial charge >= 0.3 is 0 Å². The molecule has 0 saturated carbocycles. The quantitative estimate of drug-likeness (QED) is 0.727. The largest absolute Gasteiger partial charge is 0.356 e. The fourth-order valence-electron chi connectivity index (χ4n) is 2.09. The Bertz CT molecular complexity index is 349. The zero-order valence-corrected chi connectivity index (χ0v) is 11.4. The van der Waals surface area contributed by atoms with Gasteiger partial charge in [-0.15, -0.1) is 0 Å². The molecule has 1 amide bonds. The Balaban J connectivity index is 2.60. The van der Waals surface area contributed by atoms with E-state index in [2.05, 4.69) is 19.2 Å². The normalized spacial score (nSPS) is 12.4. The molecule has 0 fully saturated rings. The zero-order valence-electron chi connectivity index (χ0n) is 11.4. The van der Waals surface area contributed by atoms with E-state index in [-0.39, 0.29) is 11.8 Å². The lowest BCUT2D eigenvalue weighted by Crippen LogP contribution is -2.32. The maximum Gasteiger partial charge on any atom is 0.227 e. The maximum absolute atomic E-state index is 12.2. The number of nitrogens with one attached hydrogen (secondary N) is 1. The van der Waals surface area contributed by atoms with Crippen LogP contribution in [0.15, 0.2) is 30.3 Å². The lowest BCUT2D eigenvalue weighted by atomic mass is 9.87. The van der Waals surface area contributed by atoms with Crippen molar-refractivity contribution in [3.8, 4) is 0 Å². The van der Waals surface area contributed by atoms with E-state index in [9.17, 15) is 4.79 Å². The summed E-state index contributed by atoms with van der Waals surface area (Å²) in [5.41, 5.74) is 6.52. The molecule has 0 aliphatic rings. The summed E-state index contributed by atoms with van der Waals surface area (Å²) >= 11 is 0. The summed E-state index contributed by atoms with van der Waals surface area (Å²) in [7, 11) is 0. The van der Waals surface area contributed by atoms with Crippen molar-refractivity contribution in [3.63, 3.8) is 0 Å². The first-order chi connectivity index (χ1) is 8.66. The number of carbonyl (C=O) groups is 1. The first-order valence-corrected chi connectivity index (χ1v) is 6.69. The number of rotatable bonds is 7. The van der Waals surface area contributed by atoms with E-state index in [0.717, 1.165) is 18.4 Å². The van der Waals surface area contributed by atoms with Gasteiger partial charge in [0.1, 0.15) is 0 Å². The lowest BCUT2D eigenvalue weighted by molar-refractivity contribution is -0.123. The average molecular weight is 248 g/mol. The van der Waals surface area contributed by atoms with E-state index >= 15 is 0 Å². The van der Waals surface area contributed by atoms with Crippen molar-refractivity contribution >= 4 is 5.91 Å². The van der Waals surface area contributed by atoms with Crippen molar-refractivity contribution < 1.29 is 4.79 Å². The fourth-order valence-corrected chi connectivity index (χ4v) is 2.09. The summed E-state index contributed by atoms with van der Waals surface area (Å²) in [5.74, 6) is 0.346. The van der Waals surface area contributed by atoms with Crippen molar-refractivity contribution in [2.24, 2.45) is 11.7 Å². The number of benzene rings is 1. The van der Waals surface area contributed by atoms with Crippen molar-refractivity contribution in [2.75, 3.05) is 13.1 Å². The van der Waals surface area contributed by atoms with E-state index in [1.807, 2.05) is 30.3 Å². The predicted molar refractivity (Wildman–Crippen MR) is 75.3 cm³/mol. The van der Waals surface area contributed by atoms with Crippen LogP contribution >= 0.6 is 0 Å². The molecule has 1 rings (SSSR count). The Kier molecular flexibility index (Phi) is 6.44. The van der Waals surface area contributed by atoms with Crippen molar-refractivity contribution in [1.29, 1.82) is 0 Å². The standard InChI is InChI=1S/C15H24N2O/c1-12(2)14(13-8-4-3-5-9-13)15(18)17-11-7-6-10-16/h3-5,8-9,12,14H,6-7,10-11,16H2,1-2H3,(H,17,18). The van der Waals surface area contributed by atoms with Gasteiger partial charge in [-0.1, -0.05) is 44.2 Å². The van der Waals surface area contributed by atoms with E-state index in [1.165, 1.54) is 0 Å². The molecule has 0 radical (unpaired) electrons. The maximum atomic E-state index is 12.2. The molecule has 1 aromatic rings. The molecule has 18 heavy (non-hydrogen) atoms. The third-order valence-corrected chi connectivity index (χ3v) is 3.04. The molecule has 0 bridgehead atoms. The molecule has 0 spiro atoms. The van der Waals surface area contributed by atoms with Gasteiger partial charge in [-0.05, 0) is 30.9 Å². The zero-order chi connectivity index (χ0) is 13.4. The predicted octanol–water partition coefficient (Wildman–Crippen LogP) is 2.28. The van der Waals surface area contributed by atoms with Gasteiger partial charge in [-0.25, -0.2) is 0 Å². The first-order valence-electron chi connectivity index (χ1n) is 6.69. The number of unbranched alkanes of at least 4 members (excludes halogenated alkanes) is 1. The smallest absolute Gasteiger partial charge is 0.227 e. The molecule has 0 saturated heterocycles. The topological polar surface area (TPSA) is 55.1 Å². The lowest BCUT2D eigenvalue weighted by Gasteiger charge is -2.20. The number of carbonyl (C=O) groups excluding carboxylic acids is 1. The molecular weight excluding hydrogens is 224 g/mol. The van der Waals surface area contributed by atoms with Crippen LogP contribution < -0.4 is 11.1 Å². The molecule has 0 heterocycles. The highest BCUT2D eigenvalue weighted by Crippen LogP contribution is 2.24. The molecular formula is C15H24N2O. The highest BCUT2D eigenvalue weighted by atomic mass is 16.1. The van der Waals surface area contributed by atoms with Crippen LogP contribution in [0.25, 0.3) is 0 Å². The van der Waals surface area contributed by atoms with Crippen LogP contribution in [-0.2, 0) is 4.79 Å². The van der Waals surface area contributed by atoms with Gasteiger partial charge in [0.05, 0.1) is 5.92 Å². The number of nitrogens with two attached hydrogens (primary N) is 1. The van der Waals surface area contributed by atoms with E-state index in [1.54, 1.807) is 0 Å². The van der Waals surface area contributed by atoms with E-state index < -0.39 is 0 Å². The molecule has 3 N–H and O–H groups in total. The summed E-state index contributed by atoms with van der Waals surface area (Å²) in [6.45, 7) is 5.56. The van der Waals surface area contributed by atoms with Gasteiger partial charge in [0.15, 0.2) is 0 Å². The first kappa shape index (κ1) is 14.7. The molecule has 0 aliphatic carbocycles. The van der Waals surface area contributed by atoms with Gasteiger partial charge in [0, 0.05) is 6.54 Å². The fraction of sp³-hybridized carbons (Fsp3) is 0.533. The molecule has 3 heteroatoms. The minimum absolute atomic E-state index is 0.0657. The van der Waals surface area contributed by atoms with Crippen molar-refractivity contribution in [3.05, 3.63) is 35.9 Å². The van der Waals surface area contributed by atoms with Gasteiger partial charge in [0.25, 0.3) is 0 Å². The molecule has 1 unspecified atom stereocenters. The van der Waals surface area contributed by atoms with Crippen LogP contribution in [0.5, 0.6) is 0 Å². The Morgan fingerprint density at radius 2 is 1.89 bits per heavy atom. The Morgan fingerprint density at radius 3 is 2.44 bits per heavy atom. The SMILES string of the molecule is CC(C)C(C(=O)NCCCCN)c1ccccc1. The second kappa shape index (κ2) is 7.88. The van der Waals surface area contributed by atoms with Gasteiger partial charge in [-0.3, -0.25) is 4.79 Å². The highest BCUT2D eigenvalue weighted by Gasteiger charge is 2.23. The van der Waals surface area contributed by atoms with E-state index in [0.29, 0.717) is 19.0 Å². The van der Waals surface area contributed by atoms with Gasteiger partial charge in [0.2, 0.25) is 5.91 Å². The second-order valence-corrected chi connectivity index (χ2v) is 4.92. The molecule has 1 atom stereocenters. The van der Waals surface area contributed by atoms with Crippen LogP contribution in [0.2, 0.25) is 0 Å². The number of amides is 1. The van der Waals surface area contributed by atoms with Crippen LogP contribution in [-0.4, -0.2) is 19.0 Å². The minimum Gasteiger partial charge on any atom is -0.356 e. The molecule has 0 aromatic heterocycles. The summed E-state index contributed by atoms with van der Waals surface area (Å²) in [4.78, 5) is 12.2. The van der Waals surface area contributed by atoms with Crippen LogP contribution in [0.4, 0.5) is 0 Å². The summed E-state index contributed by atoms with van der Waals surface area (Å²) < 4.78 is 0. The second-order valence-electron chi connectivity index (χ2n) is 4.92. The monoisotopic (exact) mass is 248 g/mol. The third-order valence-electron chi connectivity index (χ3n) is 3.04. The number of hydrogen-bond donors (Lipinski definition) is 2. The van der Waals surface area contributed by atoms with Crippen molar-refractivity contribution in [1.82, 2.24) is 5.32 Å². The van der Waals surface area contributed by atoms with Crippen LogP contribution in [0.1, 0.15) is 38.2 Å². The minimum atomic E-state index is -0.0657. The van der Waals surface area contributed by atoms with Gasteiger partial charge < -0.3 is 11.1 Å². The van der Waals surface area contributed by atoms with Crippen LogP contribution in [0, 0.1) is 5.92 Å². The summed E-state index contributed by atoms with van der Waals surface area (Å²) in [6, 6.07) is 9.97. The Labute approximate surface area is 110 Å². The van der Waals surface area contributed by atoms with Crippen LogP contribution in [0.3, 0.4) is 0 Å². The summed E-state index contributed by atoms with van der Waals surface area (Å²) in [5, 5.41) is 3.00. The summed E-state index contributed by atoms with van der Waals surface area (Å²) in [6.07, 6.45) is 1.90. The molecule has 3 nitrogen and oxygen atoms in total. The average Bonchev–Trinajstić information content (AvgIpc) is 2.36. The van der Waals surface area contributed by atoms with E-state index in [4.69, 9.17) is 5.73 Å². The molecule has 0 aliphatic heterocycles. The third kappa shape index (κ3) is 4.49. The van der Waals surface area contributed by atoms with Crippen molar-refractivity contribution in [2.45, 2.75) is 32.6 Å². The van der Waals surface area contributed by atoms with Gasteiger partial charge in [-0.2, -0.15) is 0 Å². The number of hydrogen-bond acceptors (Lipinski definition) is 2. The molecule has 1 aromatic carbocycles. The Morgan fingerprint density at radius 1 is 1.22 bits per heavy atom. The Hall–Kier alpha value is -1.35.